The Balaban J connectivity index is 0.786. The van der Waals surface area contributed by atoms with E-state index in [0.717, 1.165) is 43.4 Å². The lowest BCUT2D eigenvalue weighted by Crippen LogP contribution is -2.38. The molecule has 5 atom stereocenters. The van der Waals surface area contributed by atoms with Gasteiger partial charge in [0.1, 0.15) is 0 Å². The van der Waals surface area contributed by atoms with Gasteiger partial charge in [0, 0.05) is 61.0 Å². The van der Waals surface area contributed by atoms with Crippen molar-refractivity contribution >= 4 is 29.6 Å². The normalized spacial score (nSPS) is 27.2. The fourth-order valence-corrected chi connectivity index (χ4v) is 9.04. The first-order valence-corrected chi connectivity index (χ1v) is 19.5. The average molecular weight is 691 g/mol. The summed E-state index contributed by atoms with van der Waals surface area (Å²) in [5, 5.41) is 16.1. The fourth-order valence-electron chi connectivity index (χ4n) is 7.50. The SMILES string of the molecule is N[C@H]1CC[C@H](N[C@@H]2CC2c2ccc(-c3cccc(CCC(=O)NCCOCCNC(=O)CCCC[C@@H]4SC[C@@H]5NC(=O)N[C@@H]54)c3)cc2)CC1. The highest BCUT2D eigenvalue weighted by Crippen LogP contribution is 2.42. The van der Waals surface area contributed by atoms with Crippen molar-refractivity contribution in [1.29, 1.82) is 0 Å². The van der Waals surface area contributed by atoms with Gasteiger partial charge in [0.05, 0.1) is 25.3 Å². The summed E-state index contributed by atoms with van der Waals surface area (Å²) < 4.78 is 5.59. The van der Waals surface area contributed by atoms with Crippen LogP contribution < -0.4 is 32.3 Å². The highest BCUT2D eigenvalue weighted by Gasteiger charge is 2.42. The number of hydrogen-bond donors (Lipinski definition) is 6. The van der Waals surface area contributed by atoms with Crippen LogP contribution in [0.2, 0.25) is 0 Å². The molecular formula is C38H54N6O4S. The number of fused-ring (bicyclic) bond motifs is 1. The molecule has 0 radical (unpaired) electrons. The number of nitrogens with two attached hydrogens (primary N) is 1. The highest BCUT2D eigenvalue weighted by atomic mass is 32.2. The zero-order valence-corrected chi connectivity index (χ0v) is 29.4. The molecule has 2 aliphatic carbocycles. The number of rotatable bonds is 18. The van der Waals surface area contributed by atoms with E-state index in [1.54, 1.807) is 0 Å². The molecule has 7 N–H and O–H groups in total. The van der Waals surface area contributed by atoms with E-state index in [0.29, 0.717) is 74.9 Å². The van der Waals surface area contributed by atoms with Crippen molar-refractivity contribution in [2.45, 2.75) is 112 Å². The van der Waals surface area contributed by atoms with E-state index in [1.807, 2.05) is 11.8 Å². The number of unbranched alkanes of at least 4 members (excludes halogenated alkanes) is 1. The van der Waals surface area contributed by atoms with Crippen LogP contribution in [-0.2, 0) is 20.7 Å². The van der Waals surface area contributed by atoms with Crippen LogP contribution in [0.3, 0.4) is 0 Å². The lowest BCUT2D eigenvalue weighted by atomic mass is 9.91. The van der Waals surface area contributed by atoms with Crippen LogP contribution in [0.15, 0.2) is 48.5 Å². The maximum atomic E-state index is 12.4. The van der Waals surface area contributed by atoms with Gasteiger partial charge in [-0.1, -0.05) is 55.0 Å². The molecule has 4 fully saturated rings. The van der Waals surface area contributed by atoms with Gasteiger partial charge < -0.3 is 37.1 Å². The minimum Gasteiger partial charge on any atom is -0.378 e. The van der Waals surface area contributed by atoms with Crippen LogP contribution in [0.4, 0.5) is 4.79 Å². The van der Waals surface area contributed by atoms with Crippen LogP contribution in [0.1, 0.15) is 81.3 Å². The predicted octanol–water partition coefficient (Wildman–Crippen LogP) is 3.98. The highest BCUT2D eigenvalue weighted by molar-refractivity contribution is 8.00. The van der Waals surface area contributed by atoms with Gasteiger partial charge in [0.25, 0.3) is 0 Å². The Bertz CT molecular complexity index is 1400. The summed E-state index contributed by atoms with van der Waals surface area (Å²) in [6, 6.07) is 19.5. The molecule has 2 saturated carbocycles. The maximum Gasteiger partial charge on any atom is 0.315 e. The molecule has 1 unspecified atom stereocenters. The largest absolute Gasteiger partial charge is 0.378 e. The second kappa shape index (κ2) is 17.7. The lowest BCUT2D eigenvalue weighted by Gasteiger charge is -2.27. The summed E-state index contributed by atoms with van der Waals surface area (Å²) in [4.78, 5) is 36.1. The van der Waals surface area contributed by atoms with Gasteiger partial charge in [-0.15, -0.1) is 0 Å². The standard InChI is InChI=1S/C38H54N6O4S/c39-29-13-15-30(16-14-29)42-32-23-31(32)27-11-9-26(10-12-27)28-5-3-4-25(22-28)8-17-36(46)41-19-21-48-20-18-40-35(45)7-2-1-6-34-37-33(24-49-34)43-38(47)44-37/h3-5,9-12,22,29-34,37,42H,1-2,6-8,13-21,23-24,39H2,(H,40,45)(H,41,46)(H2,43,44,47)/t29-,30-,31?,32-,33+,34+,37+/m1/s1. The van der Waals surface area contributed by atoms with Crippen molar-refractivity contribution in [3.05, 3.63) is 59.7 Å². The summed E-state index contributed by atoms with van der Waals surface area (Å²) in [6.45, 7) is 1.73. The minimum absolute atomic E-state index is 0.00780. The number of urea groups is 1. The van der Waals surface area contributed by atoms with E-state index in [-0.39, 0.29) is 29.9 Å². The Kier molecular flexibility index (Phi) is 12.9. The third kappa shape index (κ3) is 10.7. The van der Waals surface area contributed by atoms with E-state index in [1.165, 1.54) is 36.0 Å². The van der Waals surface area contributed by atoms with Gasteiger partial charge in [0.2, 0.25) is 11.8 Å². The summed E-state index contributed by atoms with van der Waals surface area (Å²) in [5.41, 5.74) is 11.0. The molecule has 0 bridgehead atoms. The Labute approximate surface area is 295 Å². The number of carbonyl (C=O) groups is 3. The Hall–Kier alpha value is -3.12. The van der Waals surface area contributed by atoms with E-state index in [4.69, 9.17) is 10.5 Å². The van der Waals surface area contributed by atoms with Crippen LogP contribution >= 0.6 is 11.8 Å². The molecule has 2 saturated heterocycles. The number of nitrogens with one attached hydrogen (secondary N) is 5. The molecule has 2 aliphatic heterocycles. The first-order chi connectivity index (χ1) is 23.9. The number of amides is 4. The third-order valence-electron chi connectivity index (χ3n) is 10.5. The molecule has 0 aromatic heterocycles. The van der Waals surface area contributed by atoms with Crippen LogP contribution in [0.5, 0.6) is 0 Å². The second-order valence-corrected chi connectivity index (χ2v) is 15.5. The zero-order valence-electron chi connectivity index (χ0n) is 28.6. The monoisotopic (exact) mass is 690 g/mol. The lowest BCUT2D eigenvalue weighted by molar-refractivity contribution is -0.121. The predicted molar refractivity (Wildman–Crippen MR) is 196 cm³/mol. The fraction of sp³-hybridized carbons (Fsp3) is 0.605. The van der Waals surface area contributed by atoms with Crippen LogP contribution in [0, 0.1) is 0 Å². The Morgan fingerprint density at radius 2 is 1.65 bits per heavy atom. The number of carbonyl (C=O) groups excluding carboxylic acids is 3. The molecule has 4 aliphatic rings. The van der Waals surface area contributed by atoms with Crippen molar-refractivity contribution in [3.63, 3.8) is 0 Å². The van der Waals surface area contributed by atoms with Crippen molar-refractivity contribution in [2.75, 3.05) is 32.1 Å². The number of ether oxygens (including phenoxy) is 1. The summed E-state index contributed by atoms with van der Waals surface area (Å²) >= 11 is 1.90. The molecule has 49 heavy (non-hydrogen) atoms. The molecule has 2 aromatic rings. The molecule has 6 rings (SSSR count). The molecule has 11 heteroatoms. The van der Waals surface area contributed by atoms with Crippen LogP contribution in [-0.4, -0.2) is 85.4 Å². The van der Waals surface area contributed by atoms with Gasteiger partial charge in [-0.3, -0.25) is 9.59 Å². The van der Waals surface area contributed by atoms with Crippen LogP contribution in [0.25, 0.3) is 11.1 Å². The van der Waals surface area contributed by atoms with Gasteiger partial charge in [-0.25, -0.2) is 4.79 Å². The third-order valence-corrected chi connectivity index (χ3v) is 12.0. The van der Waals surface area contributed by atoms with Gasteiger partial charge in [0.15, 0.2) is 0 Å². The van der Waals surface area contributed by atoms with Crippen molar-refractivity contribution < 1.29 is 19.1 Å². The van der Waals surface area contributed by atoms with Gasteiger partial charge in [-0.05, 0) is 73.6 Å². The average Bonchev–Trinajstić information content (AvgIpc) is 3.63. The molecule has 10 nitrogen and oxygen atoms in total. The number of aryl methyl sites for hydroxylation is 1. The maximum absolute atomic E-state index is 12.4. The van der Waals surface area contributed by atoms with E-state index < -0.39 is 0 Å². The Morgan fingerprint density at radius 1 is 0.898 bits per heavy atom. The molecule has 0 spiro atoms. The minimum atomic E-state index is -0.0601. The molecular weight excluding hydrogens is 637 g/mol. The first kappa shape index (κ1) is 35.7. The number of benzene rings is 2. The van der Waals surface area contributed by atoms with E-state index in [2.05, 4.69) is 75.1 Å². The molecule has 266 valence electrons. The Morgan fingerprint density at radius 3 is 2.43 bits per heavy atom. The zero-order chi connectivity index (χ0) is 34.0. The quantitative estimate of drug-likeness (QED) is 0.103. The second-order valence-electron chi connectivity index (χ2n) is 14.2. The summed E-state index contributed by atoms with van der Waals surface area (Å²) in [6.07, 6.45) is 10.3. The number of thioether (sulfide) groups is 1. The van der Waals surface area contributed by atoms with Crippen molar-refractivity contribution in [3.8, 4) is 11.1 Å². The van der Waals surface area contributed by atoms with Gasteiger partial charge in [-0.2, -0.15) is 11.8 Å². The summed E-state index contributed by atoms with van der Waals surface area (Å²) in [5.74, 6) is 1.61. The van der Waals surface area contributed by atoms with Crippen molar-refractivity contribution in [2.24, 2.45) is 5.73 Å². The molecule has 2 aromatic carbocycles. The molecule has 2 heterocycles. The summed E-state index contributed by atoms with van der Waals surface area (Å²) in [7, 11) is 0. The smallest absolute Gasteiger partial charge is 0.315 e. The molecule has 4 amide bonds. The van der Waals surface area contributed by atoms with E-state index in [9.17, 15) is 14.4 Å². The van der Waals surface area contributed by atoms with Gasteiger partial charge >= 0.3 is 6.03 Å². The number of hydrogen-bond acceptors (Lipinski definition) is 7. The van der Waals surface area contributed by atoms with Crippen molar-refractivity contribution in [1.82, 2.24) is 26.6 Å². The first-order valence-electron chi connectivity index (χ1n) is 18.4. The topological polar surface area (TPSA) is 147 Å². The van der Waals surface area contributed by atoms with E-state index >= 15 is 0 Å².